The summed E-state index contributed by atoms with van der Waals surface area (Å²) < 4.78 is 5.21. The monoisotopic (exact) mass is 346 g/mol. The average Bonchev–Trinajstić information content (AvgIpc) is 3.12. The van der Waals surface area contributed by atoms with E-state index in [2.05, 4.69) is 26.3 Å². The number of hydrogen-bond acceptors (Lipinski definition) is 6. The molecule has 0 bridgehead atoms. The Balaban J connectivity index is 1.53. The Kier molecular flexibility index (Phi) is 5.30. The zero-order chi connectivity index (χ0) is 16.9. The van der Waals surface area contributed by atoms with E-state index in [1.54, 1.807) is 18.4 Å². The van der Waals surface area contributed by atoms with Gasteiger partial charge in [0, 0.05) is 49.2 Å². The molecule has 3 rings (SSSR count). The van der Waals surface area contributed by atoms with Crippen molar-refractivity contribution in [3.63, 3.8) is 0 Å². The van der Waals surface area contributed by atoms with Gasteiger partial charge in [-0.25, -0.2) is 4.98 Å². The number of carbonyl (C=O) groups is 1. The lowest BCUT2D eigenvalue weighted by Gasteiger charge is -2.35. The van der Waals surface area contributed by atoms with Crippen LogP contribution in [0.15, 0.2) is 23.6 Å². The number of thiophene rings is 1. The van der Waals surface area contributed by atoms with E-state index >= 15 is 0 Å². The fourth-order valence-corrected chi connectivity index (χ4v) is 3.48. The number of nitrogens with zero attached hydrogens (tertiary/aromatic N) is 4. The van der Waals surface area contributed by atoms with Gasteiger partial charge in [-0.1, -0.05) is 6.07 Å². The van der Waals surface area contributed by atoms with Crippen LogP contribution in [0.3, 0.4) is 0 Å². The van der Waals surface area contributed by atoms with Crippen molar-refractivity contribution < 1.29 is 9.53 Å². The number of methoxy groups -OCH3 is 1. The highest BCUT2D eigenvalue weighted by Gasteiger charge is 2.23. The minimum Gasteiger partial charge on any atom is -0.481 e. The van der Waals surface area contributed by atoms with Crippen molar-refractivity contribution in [2.75, 3.05) is 38.2 Å². The molecule has 3 heterocycles. The molecule has 0 unspecified atom stereocenters. The van der Waals surface area contributed by atoms with Crippen LogP contribution in [-0.4, -0.2) is 54.1 Å². The first-order chi connectivity index (χ1) is 11.7. The fourth-order valence-electron chi connectivity index (χ4n) is 2.77. The summed E-state index contributed by atoms with van der Waals surface area (Å²) in [6.45, 7) is 4.85. The molecule has 1 saturated heterocycles. The molecule has 24 heavy (non-hydrogen) atoms. The van der Waals surface area contributed by atoms with Gasteiger partial charge in [0.25, 0.3) is 0 Å². The summed E-state index contributed by atoms with van der Waals surface area (Å²) in [6.07, 6.45) is 1.41. The van der Waals surface area contributed by atoms with Crippen molar-refractivity contribution in [2.45, 2.75) is 19.8 Å². The van der Waals surface area contributed by atoms with Gasteiger partial charge in [-0.05, 0) is 24.8 Å². The van der Waals surface area contributed by atoms with Gasteiger partial charge in [0.15, 0.2) is 0 Å². The minimum atomic E-state index is 0.228. The molecule has 0 atom stereocenters. The maximum absolute atomic E-state index is 12.4. The van der Waals surface area contributed by atoms with E-state index in [4.69, 9.17) is 4.74 Å². The Morgan fingerprint density at radius 2 is 2.08 bits per heavy atom. The number of hydrogen-bond donors (Lipinski definition) is 0. The molecule has 1 amide bonds. The highest BCUT2D eigenvalue weighted by molar-refractivity contribution is 7.09. The summed E-state index contributed by atoms with van der Waals surface area (Å²) in [7, 11) is 1.61. The first-order valence-corrected chi connectivity index (χ1v) is 8.98. The van der Waals surface area contributed by atoms with E-state index in [9.17, 15) is 4.79 Å². The molecule has 1 aliphatic heterocycles. The van der Waals surface area contributed by atoms with E-state index in [-0.39, 0.29) is 5.91 Å². The Morgan fingerprint density at radius 3 is 2.75 bits per heavy atom. The molecule has 0 N–H and O–H groups in total. The van der Waals surface area contributed by atoms with Gasteiger partial charge in [0.1, 0.15) is 0 Å². The average molecular weight is 346 g/mol. The molecular formula is C17H22N4O2S. The summed E-state index contributed by atoms with van der Waals surface area (Å²) in [5.41, 5.74) is 0.881. The molecular weight excluding hydrogens is 324 g/mol. The lowest BCUT2D eigenvalue weighted by molar-refractivity contribution is -0.131. The van der Waals surface area contributed by atoms with Gasteiger partial charge in [-0.15, -0.1) is 11.3 Å². The first-order valence-electron chi connectivity index (χ1n) is 8.10. The fraction of sp³-hybridized carbons (Fsp3) is 0.471. The number of carbonyl (C=O) groups excluding carboxylic acids is 1. The number of amides is 1. The quantitative estimate of drug-likeness (QED) is 0.830. The van der Waals surface area contributed by atoms with E-state index in [0.717, 1.165) is 25.2 Å². The van der Waals surface area contributed by atoms with Gasteiger partial charge in [-0.2, -0.15) is 4.98 Å². The van der Waals surface area contributed by atoms with Crippen molar-refractivity contribution in [3.8, 4) is 5.88 Å². The SMILES string of the molecule is COc1cc(C)nc(N2CCN(C(=O)CCc3cccs3)CC2)n1. The van der Waals surface area contributed by atoms with Crippen LogP contribution in [-0.2, 0) is 11.2 Å². The maximum Gasteiger partial charge on any atom is 0.228 e. The molecule has 1 aliphatic rings. The summed E-state index contributed by atoms with van der Waals surface area (Å²) in [4.78, 5) is 26.6. The number of aromatic nitrogens is 2. The predicted molar refractivity (Wildman–Crippen MR) is 94.8 cm³/mol. The summed E-state index contributed by atoms with van der Waals surface area (Å²) in [6, 6.07) is 5.92. The second kappa shape index (κ2) is 7.61. The Hall–Kier alpha value is -2.15. The molecule has 0 radical (unpaired) electrons. The van der Waals surface area contributed by atoms with E-state index in [1.807, 2.05) is 24.0 Å². The highest BCUT2D eigenvalue weighted by atomic mass is 32.1. The van der Waals surface area contributed by atoms with Crippen LogP contribution in [0.1, 0.15) is 17.0 Å². The van der Waals surface area contributed by atoms with Gasteiger partial charge < -0.3 is 14.5 Å². The minimum absolute atomic E-state index is 0.228. The van der Waals surface area contributed by atoms with Crippen LogP contribution >= 0.6 is 11.3 Å². The largest absolute Gasteiger partial charge is 0.481 e. The molecule has 0 spiro atoms. The molecule has 6 nitrogen and oxygen atoms in total. The second-order valence-corrected chi connectivity index (χ2v) is 6.83. The Labute approximate surface area is 146 Å². The smallest absolute Gasteiger partial charge is 0.228 e. The third kappa shape index (κ3) is 4.03. The van der Waals surface area contributed by atoms with Crippen LogP contribution in [0.4, 0.5) is 5.95 Å². The van der Waals surface area contributed by atoms with E-state index in [0.29, 0.717) is 31.3 Å². The topological polar surface area (TPSA) is 58.6 Å². The van der Waals surface area contributed by atoms with E-state index in [1.165, 1.54) is 4.88 Å². The summed E-state index contributed by atoms with van der Waals surface area (Å²) >= 11 is 1.71. The molecule has 0 saturated carbocycles. The van der Waals surface area contributed by atoms with Crippen LogP contribution in [0, 0.1) is 6.92 Å². The van der Waals surface area contributed by atoms with Crippen molar-refractivity contribution in [1.29, 1.82) is 0 Å². The third-order valence-electron chi connectivity index (χ3n) is 4.11. The molecule has 0 aliphatic carbocycles. The molecule has 2 aromatic heterocycles. The van der Waals surface area contributed by atoms with E-state index < -0.39 is 0 Å². The molecule has 1 fully saturated rings. The molecule has 7 heteroatoms. The van der Waals surface area contributed by atoms with Crippen LogP contribution in [0.5, 0.6) is 5.88 Å². The van der Waals surface area contributed by atoms with Crippen LogP contribution in [0.25, 0.3) is 0 Å². The summed E-state index contributed by atoms with van der Waals surface area (Å²) in [5.74, 6) is 1.48. The molecule has 0 aromatic carbocycles. The van der Waals surface area contributed by atoms with Crippen LogP contribution in [0.2, 0.25) is 0 Å². The van der Waals surface area contributed by atoms with Gasteiger partial charge in [0.05, 0.1) is 7.11 Å². The number of ether oxygens (including phenoxy) is 1. The molecule has 128 valence electrons. The number of piperazine rings is 1. The Morgan fingerprint density at radius 1 is 1.29 bits per heavy atom. The lowest BCUT2D eigenvalue weighted by atomic mass is 10.2. The predicted octanol–water partition coefficient (Wildman–Crippen LogP) is 2.14. The van der Waals surface area contributed by atoms with Gasteiger partial charge in [-0.3, -0.25) is 4.79 Å². The lowest BCUT2D eigenvalue weighted by Crippen LogP contribution is -2.49. The first kappa shape index (κ1) is 16.7. The number of anilines is 1. The zero-order valence-corrected chi connectivity index (χ0v) is 14.9. The van der Waals surface area contributed by atoms with Gasteiger partial charge in [0.2, 0.25) is 17.7 Å². The second-order valence-electron chi connectivity index (χ2n) is 5.80. The van der Waals surface area contributed by atoms with Crippen molar-refractivity contribution >= 4 is 23.2 Å². The zero-order valence-electron chi connectivity index (χ0n) is 14.1. The third-order valence-corrected chi connectivity index (χ3v) is 5.04. The van der Waals surface area contributed by atoms with Crippen molar-refractivity contribution in [3.05, 3.63) is 34.2 Å². The number of aryl methyl sites for hydroxylation is 2. The maximum atomic E-state index is 12.4. The highest BCUT2D eigenvalue weighted by Crippen LogP contribution is 2.18. The number of rotatable bonds is 5. The van der Waals surface area contributed by atoms with Crippen molar-refractivity contribution in [2.24, 2.45) is 0 Å². The Bertz CT molecular complexity index is 682. The van der Waals surface area contributed by atoms with Gasteiger partial charge >= 0.3 is 0 Å². The van der Waals surface area contributed by atoms with Crippen LogP contribution < -0.4 is 9.64 Å². The normalized spacial score (nSPS) is 14.8. The van der Waals surface area contributed by atoms with Crippen molar-refractivity contribution in [1.82, 2.24) is 14.9 Å². The summed E-state index contributed by atoms with van der Waals surface area (Å²) in [5, 5.41) is 2.05. The molecule has 2 aromatic rings. The standard InChI is InChI=1S/C17H22N4O2S/c1-13-12-15(23-2)19-17(18-13)21-9-7-20(8-10-21)16(22)6-5-14-4-3-11-24-14/h3-4,11-12H,5-10H2,1-2H3.